The molecule has 6 nitrogen and oxygen atoms in total. The highest BCUT2D eigenvalue weighted by Gasteiger charge is 2.21. The van der Waals surface area contributed by atoms with Crippen molar-refractivity contribution < 1.29 is 4.74 Å². The van der Waals surface area contributed by atoms with E-state index in [1.54, 1.807) is 19.4 Å². The van der Waals surface area contributed by atoms with Crippen molar-refractivity contribution in [3.05, 3.63) is 88.3 Å². The number of nitrogens with one attached hydrogen (secondary N) is 1. The molecule has 2 aliphatic carbocycles. The summed E-state index contributed by atoms with van der Waals surface area (Å²) in [5.41, 5.74) is 5.94. The average Bonchev–Trinajstić information content (AvgIpc) is 2.86. The number of halogens is 2. The Bertz CT molecular complexity index is 1630. The van der Waals surface area contributed by atoms with E-state index in [1.165, 1.54) is 6.42 Å². The van der Waals surface area contributed by atoms with E-state index in [-0.39, 0.29) is 0 Å². The number of para-hydroxylation sites is 2. The average molecular weight is 516 g/mol. The van der Waals surface area contributed by atoms with Crippen LogP contribution >= 0.6 is 23.2 Å². The third-order valence-electron chi connectivity index (χ3n) is 6.48. The minimum atomic E-state index is 0.305. The van der Waals surface area contributed by atoms with Crippen molar-refractivity contribution in [2.45, 2.75) is 25.3 Å². The molecule has 0 unspecified atom stereocenters. The van der Waals surface area contributed by atoms with E-state index < -0.39 is 0 Å². The molecule has 3 aliphatic rings. The van der Waals surface area contributed by atoms with Gasteiger partial charge >= 0.3 is 0 Å². The van der Waals surface area contributed by atoms with Gasteiger partial charge in [-0.1, -0.05) is 35.3 Å². The third kappa shape index (κ3) is 4.16. The zero-order chi connectivity index (χ0) is 24.6. The van der Waals surface area contributed by atoms with Crippen LogP contribution in [-0.2, 0) is 0 Å². The van der Waals surface area contributed by atoms with Gasteiger partial charge < -0.3 is 14.6 Å². The van der Waals surface area contributed by atoms with Crippen molar-refractivity contribution >= 4 is 45.6 Å². The zero-order valence-electron chi connectivity index (χ0n) is 19.6. The fraction of sp³-hybridized carbons (Fsp3) is 0.179. The quantitative estimate of drug-likeness (QED) is 0.255. The standard InChI is InChI=1S/C28H23Cl2N5O/c1-36-28-21(9-5-13-31-28)34-22-15-24-27(16-23(22)32-18-6-4-7-18)35(25-12-11-17(29)14-19(25)30)26-10-3-2-8-20(26)33-24/h2-3,5,8-16,18,34H,4,6-7H2,1H3. The molecule has 1 aliphatic heterocycles. The molecule has 8 heteroatoms. The first kappa shape index (κ1) is 22.8. The van der Waals surface area contributed by atoms with Crippen molar-refractivity contribution in [1.29, 1.82) is 0 Å². The molecule has 2 aromatic carbocycles. The molecule has 36 heavy (non-hydrogen) atoms. The summed E-state index contributed by atoms with van der Waals surface area (Å²) in [6.45, 7) is 0. The van der Waals surface area contributed by atoms with Gasteiger partial charge in [-0.3, -0.25) is 4.99 Å². The summed E-state index contributed by atoms with van der Waals surface area (Å²) in [7, 11) is 1.61. The van der Waals surface area contributed by atoms with Gasteiger partial charge in [0.25, 0.3) is 0 Å². The maximum absolute atomic E-state index is 6.71. The van der Waals surface area contributed by atoms with Gasteiger partial charge in [-0.15, -0.1) is 0 Å². The van der Waals surface area contributed by atoms with Gasteiger partial charge in [-0.2, -0.15) is 0 Å². The highest BCUT2D eigenvalue weighted by Crippen LogP contribution is 2.35. The molecular formula is C28H23Cl2N5O. The van der Waals surface area contributed by atoms with Crippen LogP contribution in [0.4, 0.5) is 11.4 Å². The molecule has 1 saturated carbocycles. The predicted molar refractivity (Wildman–Crippen MR) is 145 cm³/mol. The smallest absolute Gasteiger partial charge is 0.237 e. The lowest BCUT2D eigenvalue weighted by molar-refractivity contribution is 0.400. The predicted octanol–water partition coefficient (Wildman–Crippen LogP) is 7.04. The second-order valence-electron chi connectivity index (χ2n) is 8.79. The lowest BCUT2D eigenvalue weighted by Crippen LogP contribution is -2.22. The fourth-order valence-electron chi connectivity index (χ4n) is 4.48. The van der Waals surface area contributed by atoms with Crippen LogP contribution < -0.4 is 15.4 Å². The summed E-state index contributed by atoms with van der Waals surface area (Å²) in [6, 6.07) is 21.8. The van der Waals surface area contributed by atoms with Gasteiger partial charge in [0.15, 0.2) is 0 Å². The molecule has 3 aromatic rings. The van der Waals surface area contributed by atoms with Crippen LogP contribution in [0.3, 0.4) is 0 Å². The topological polar surface area (TPSA) is 64.3 Å². The summed E-state index contributed by atoms with van der Waals surface area (Å²) in [6.07, 6.45) is 5.09. The van der Waals surface area contributed by atoms with Gasteiger partial charge in [-0.25, -0.2) is 9.97 Å². The van der Waals surface area contributed by atoms with Gasteiger partial charge in [-0.05, 0) is 73.9 Å². The largest absolute Gasteiger partial charge is 0.480 e. The molecule has 0 bridgehead atoms. The molecule has 1 fully saturated rings. The number of aromatic nitrogens is 3. The third-order valence-corrected chi connectivity index (χ3v) is 7.02. The molecular weight excluding hydrogens is 493 g/mol. The molecule has 0 atom stereocenters. The maximum Gasteiger partial charge on any atom is 0.237 e. The molecule has 180 valence electrons. The van der Waals surface area contributed by atoms with E-state index >= 15 is 0 Å². The van der Waals surface area contributed by atoms with Crippen LogP contribution in [0.1, 0.15) is 19.3 Å². The fourth-order valence-corrected chi connectivity index (χ4v) is 4.97. The number of benzene rings is 3. The number of ether oxygens (including phenoxy) is 1. The first-order valence-electron chi connectivity index (χ1n) is 11.8. The second kappa shape index (κ2) is 9.45. The Morgan fingerprint density at radius 1 is 1.00 bits per heavy atom. The summed E-state index contributed by atoms with van der Waals surface area (Å²) >= 11 is 12.9. The van der Waals surface area contributed by atoms with Crippen LogP contribution in [0.15, 0.2) is 77.9 Å². The first-order valence-corrected chi connectivity index (χ1v) is 12.6. The lowest BCUT2D eigenvalue weighted by atomic mass is 9.94. The lowest BCUT2D eigenvalue weighted by Gasteiger charge is -2.23. The molecule has 0 saturated heterocycles. The second-order valence-corrected chi connectivity index (χ2v) is 9.63. The van der Waals surface area contributed by atoms with Crippen molar-refractivity contribution in [2.75, 3.05) is 12.4 Å². The van der Waals surface area contributed by atoms with Crippen LogP contribution in [0.5, 0.6) is 5.88 Å². The number of nitrogens with zero attached hydrogens (tertiary/aromatic N) is 4. The Kier molecular flexibility index (Phi) is 5.99. The number of anilines is 2. The Hall–Kier alpha value is -3.61. The van der Waals surface area contributed by atoms with Crippen molar-refractivity contribution in [3.8, 4) is 23.0 Å². The summed E-state index contributed by atoms with van der Waals surface area (Å²) < 4.78 is 7.60. The molecule has 1 N–H and O–H groups in total. The van der Waals surface area contributed by atoms with Gasteiger partial charge in [0.2, 0.25) is 5.88 Å². The van der Waals surface area contributed by atoms with Crippen molar-refractivity contribution in [1.82, 2.24) is 14.5 Å². The van der Waals surface area contributed by atoms with Crippen molar-refractivity contribution in [2.24, 2.45) is 4.99 Å². The van der Waals surface area contributed by atoms with Crippen molar-refractivity contribution in [3.63, 3.8) is 0 Å². The highest BCUT2D eigenvalue weighted by molar-refractivity contribution is 6.35. The molecule has 1 aromatic heterocycles. The summed E-state index contributed by atoms with van der Waals surface area (Å²) in [4.78, 5) is 14.4. The Morgan fingerprint density at radius 3 is 2.64 bits per heavy atom. The highest BCUT2D eigenvalue weighted by atomic mass is 35.5. The van der Waals surface area contributed by atoms with Crippen LogP contribution in [0.25, 0.3) is 28.1 Å². The van der Waals surface area contributed by atoms with E-state index in [4.69, 9.17) is 37.9 Å². The van der Waals surface area contributed by atoms with E-state index in [0.29, 0.717) is 22.0 Å². The zero-order valence-corrected chi connectivity index (χ0v) is 21.1. The summed E-state index contributed by atoms with van der Waals surface area (Å²) in [5, 5.41) is 5.49. The number of hydrogen-bond acceptors (Lipinski definition) is 5. The van der Waals surface area contributed by atoms with E-state index in [2.05, 4.69) is 20.9 Å². The Labute approximate surface area is 218 Å². The molecule has 0 amide bonds. The summed E-state index contributed by atoms with van der Waals surface area (Å²) in [5.74, 6) is 0.515. The maximum atomic E-state index is 6.71. The molecule has 6 rings (SSSR count). The number of fused-ring (bicyclic) bond motifs is 2. The van der Waals surface area contributed by atoms with Gasteiger partial charge in [0.1, 0.15) is 5.69 Å². The minimum Gasteiger partial charge on any atom is -0.480 e. The SMILES string of the molecule is COc1ncccc1Nc1cc2nc3ccccc3n(-c3ccc(Cl)cc3Cl)c-2cc1=NC1CCC1. The van der Waals surface area contributed by atoms with Crippen LogP contribution in [0, 0.1) is 0 Å². The minimum absolute atomic E-state index is 0.305. The number of hydrogen-bond donors (Lipinski definition) is 1. The van der Waals surface area contributed by atoms with E-state index in [0.717, 1.165) is 57.7 Å². The van der Waals surface area contributed by atoms with E-state index in [1.807, 2.05) is 54.6 Å². The molecule has 0 radical (unpaired) electrons. The first-order chi connectivity index (χ1) is 17.6. The van der Waals surface area contributed by atoms with Gasteiger partial charge in [0.05, 0.1) is 57.3 Å². The number of rotatable bonds is 5. The Morgan fingerprint density at radius 2 is 1.86 bits per heavy atom. The molecule has 0 spiro atoms. The van der Waals surface area contributed by atoms with Crippen LogP contribution in [-0.4, -0.2) is 27.7 Å². The number of methoxy groups -OCH3 is 1. The van der Waals surface area contributed by atoms with Gasteiger partial charge in [0, 0.05) is 11.2 Å². The van der Waals surface area contributed by atoms with E-state index in [9.17, 15) is 0 Å². The normalized spacial score (nSPS) is 14.2. The van der Waals surface area contributed by atoms with Crippen LogP contribution in [0.2, 0.25) is 10.0 Å². The Balaban J connectivity index is 1.65. The molecule has 2 heterocycles. The monoisotopic (exact) mass is 515 g/mol. The number of pyridine rings is 1.